The maximum Gasteiger partial charge on any atom is 0.0768 e. The lowest BCUT2D eigenvalue weighted by molar-refractivity contribution is 0.680. The van der Waals surface area contributed by atoms with Gasteiger partial charge in [0.1, 0.15) is 0 Å². The molecule has 0 fully saturated rings. The second-order valence-corrected chi connectivity index (χ2v) is 3.98. The lowest BCUT2D eigenvalue weighted by Gasteiger charge is -2.19. The molecular weight excluding hydrogens is 158 g/mol. The van der Waals surface area contributed by atoms with Gasteiger partial charge in [-0.25, -0.2) is 0 Å². The molecule has 0 aliphatic rings. The van der Waals surface area contributed by atoms with E-state index >= 15 is 0 Å². The maximum absolute atomic E-state index is 9.01. The summed E-state index contributed by atoms with van der Waals surface area (Å²) in [4.78, 5) is 0. The number of nitriles is 1. The van der Waals surface area contributed by atoms with E-state index in [1.807, 2.05) is 26.0 Å². The van der Waals surface area contributed by atoms with Crippen molar-refractivity contribution in [3.63, 3.8) is 0 Å². The normalized spacial score (nSPS) is 11.0. The van der Waals surface area contributed by atoms with Crippen molar-refractivity contribution in [3.8, 4) is 6.07 Å². The molecule has 0 spiro atoms. The van der Waals surface area contributed by atoms with Gasteiger partial charge in [0, 0.05) is 0 Å². The van der Waals surface area contributed by atoms with E-state index in [0.717, 1.165) is 5.56 Å². The van der Waals surface area contributed by atoms with E-state index in [-0.39, 0.29) is 5.41 Å². The highest BCUT2D eigenvalue weighted by atomic mass is 14.3. The molecule has 1 rings (SSSR count). The highest BCUT2D eigenvalue weighted by Gasteiger charge is 2.21. The summed E-state index contributed by atoms with van der Waals surface area (Å²) in [5, 5.41) is 9.01. The van der Waals surface area contributed by atoms with Gasteiger partial charge in [0.25, 0.3) is 0 Å². The van der Waals surface area contributed by atoms with Crippen molar-refractivity contribution in [1.82, 2.24) is 0 Å². The summed E-state index contributed by atoms with van der Waals surface area (Å²) < 4.78 is 0. The van der Waals surface area contributed by atoms with Crippen LogP contribution in [-0.4, -0.2) is 0 Å². The third-order valence-electron chi connectivity index (χ3n) is 2.56. The second kappa shape index (κ2) is 3.22. The zero-order valence-corrected chi connectivity index (χ0v) is 8.68. The Bertz CT molecular complexity index is 356. The molecular formula is C12H15N. The Morgan fingerprint density at radius 3 is 2.38 bits per heavy atom. The van der Waals surface area contributed by atoms with Crippen LogP contribution in [0.5, 0.6) is 0 Å². The Kier molecular flexibility index (Phi) is 2.43. The van der Waals surface area contributed by atoms with Gasteiger partial charge in [0.15, 0.2) is 0 Å². The molecule has 0 saturated carbocycles. The minimum absolute atomic E-state index is 0.379. The van der Waals surface area contributed by atoms with Gasteiger partial charge in [0.05, 0.1) is 11.5 Å². The van der Waals surface area contributed by atoms with E-state index < -0.39 is 0 Å². The molecule has 1 heteroatoms. The quantitative estimate of drug-likeness (QED) is 0.640. The predicted octanol–water partition coefficient (Wildman–Crippen LogP) is 3.10. The van der Waals surface area contributed by atoms with E-state index in [0.29, 0.717) is 0 Å². The van der Waals surface area contributed by atoms with Crippen LogP contribution in [0.3, 0.4) is 0 Å². The number of rotatable bonds is 1. The minimum Gasteiger partial charge on any atom is -0.197 e. The first kappa shape index (κ1) is 9.80. The summed E-state index contributed by atoms with van der Waals surface area (Å²) in [6, 6.07) is 8.45. The highest BCUT2D eigenvalue weighted by molar-refractivity contribution is 5.41. The fourth-order valence-corrected chi connectivity index (χ4v) is 1.49. The van der Waals surface area contributed by atoms with Crippen molar-refractivity contribution in [2.24, 2.45) is 0 Å². The van der Waals surface area contributed by atoms with Crippen LogP contribution in [0, 0.1) is 25.2 Å². The first-order chi connectivity index (χ1) is 5.99. The molecule has 0 unspecified atom stereocenters. The van der Waals surface area contributed by atoms with E-state index in [1.54, 1.807) is 0 Å². The van der Waals surface area contributed by atoms with Crippen molar-refractivity contribution in [3.05, 3.63) is 34.9 Å². The van der Waals surface area contributed by atoms with E-state index in [9.17, 15) is 0 Å². The minimum atomic E-state index is -0.379. The molecule has 0 saturated heterocycles. The van der Waals surface area contributed by atoms with Crippen LogP contribution >= 0.6 is 0 Å². The van der Waals surface area contributed by atoms with Gasteiger partial charge >= 0.3 is 0 Å². The zero-order valence-electron chi connectivity index (χ0n) is 8.68. The van der Waals surface area contributed by atoms with Gasteiger partial charge in [-0.2, -0.15) is 5.26 Å². The number of nitrogens with zero attached hydrogens (tertiary/aromatic N) is 1. The fourth-order valence-electron chi connectivity index (χ4n) is 1.49. The smallest absolute Gasteiger partial charge is 0.0768 e. The molecule has 0 aliphatic heterocycles. The summed E-state index contributed by atoms with van der Waals surface area (Å²) in [6.45, 7) is 8.06. The van der Waals surface area contributed by atoms with Crippen LogP contribution in [0.25, 0.3) is 0 Å². The van der Waals surface area contributed by atoms with Crippen LogP contribution in [0.4, 0.5) is 0 Å². The molecule has 0 amide bonds. The lowest BCUT2D eigenvalue weighted by atomic mass is 9.82. The molecule has 0 bridgehead atoms. The summed E-state index contributed by atoms with van der Waals surface area (Å²) >= 11 is 0. The number of benzene rings is 1. The van der Waals surface area contributed by atoms with Crippen LogP contribution in [-0.2, 0) is 5.41 Å². The molecule has 0 N–H and O–H groups in total. The van der Waals surface area contributed by atoms with Gasteiger partial charge in [-0.1, -0.05) is 18.2 Å². The Morgan fingerprint density at radius 1 is 1.23 bits per heavy atom. The number of hydrogen-bond donors (Lipinski definition) is 0. The van der Waals surface area contributed by atoms with Gasteiger partial charge in [-0.3, -0.25) is 0 Å². The number of hydrogen-bond acceptors (Lipinski definition) is 1. The molecule has 0 atom stereocenters. The van der Waals surface area contributed by atoms with Crippen LogP contribution < -0.4 is 0 Å². The van der Waals surface area contributed by atoms with Crippen molar-refractivity contribution in [1.29, 1.82) is 5.26 Å². The van der Waals surface area contributed by atoms with Crippen LogP contribution in [0.1, 0.15) is 30.5 Å². The molecule has 0 aromatic heterocycles. The van der Waals surface area contributed by atoms with Gasteiger partial charge in [-0.15, -0.1) is 0 Å². The van der Waals surface area contributed by atoms with Crippen molar-refractivity contribution < 1.29 is 0 Å². The first-order valence-electron chi connectivity index (χ1n) is 4.47. The summed E-state index contributed by atoms with van der Waals surface area (Å²) in [5.74, 6) is 0. The SMILES string of the molecule is Cc1cccc(C(C)(C)C#N)c1C. The average Bonchev–Trinajstić information content (AvgIpc) is 2.09. The van der Waals surface area contributed by atoms with Crippen LogP contribution in [0.15, 0.2) is 18.2 Å². The van der Waals surface area contributed by atoms with Crippen molar-refractivity contribution >= 4 is 0 Å². The Labute approximate surface area is 80.0 Å². The summed E-state index contributed by atoms with van der Waals surface area (Å²) in [7, 11) is 0. The molecule has 0 heterocycles. The van der Waals surface area contributed by atoms with Gasteiger partial charge in [0.2, 0.25) is 0 Å². The summed E-state index contributed by atoms with van der Waals surface area (Å²) in [5.41, 5.74) is 3.24. The maximum atomic E-state index is 9.01. The molecule has 1 aromatic rings. The largest absolute Gasteiger partial charge is 0.197 e. The standard InChI is InChI=1S/C12H15N/c1-9-6-5-7-11(10(9)2)12(3,4)8-13/h5-7H,1-4H3. The Morgan fingerprint density at radius 2 is 1.85 bits per heavy atom. The molecule has 1 aromatic carbocycles. The predicted molar refractivity (Wildman–Crippen MR) is 54.6 cm³/mol. The fraction of sp³-hybridized carbons (Fsp3) is 0.417. The van der Waals surface area contributed by atoms with E-state index in [2.05, 4.69) is 26.0 Å². The van der Waals surface area contributed by atoms with Gasteiger partial charge < -0.3 is 0 Å². The molecule has 1 nitrogen and oxygen atoms in total. The van der Waals surface area contributed by atoms with Crippen molar-refractivity contribution in [2.75, 3.05) is 0 Å². The highest BCUT2D eigenvalue weighted by Crippen LogP contribution is 2.26. The molecule has 68 valence electrons. The second-order valence-electron chi connectivity index (χ2n) is 3.98. The Balaban J connectivity index is 3.33. The molecule has 0 aliphatic carbocycles. The molecule has 13 heavy (non-hydrogen) atoms. The number of aryl methyl sites for hydroxylation is 1. The third kappa shape index (κ3) is 1.72. The zero-order chi connectivity index (χ0) is 10.1. The average molecular weight is 173 g/mol. The summed E-state index contributed by atoms with van der Waals surface area (Å²) in [6.07, 6.45) is 0. The topological polar surface area (TPSA) is 23.8 Å². The van der Waals surface area contributed by atoms with Crippen LogP contribution in [0.2, 0.25) is 0 Å². The monoisotopic (exact) mass is 173 g/mol. The third-order valence-corrected chi connectivity index (χ3v) is 2.56. The van der Waals surface area contributed by atoms with E-state index in [1.165, 1.54) is 11.1 Å². The van der Waals surface area contributed by atoms with E-state index in [4.69, 9.17) is 5.26 Å². The lowest BCUT2D eigenvalue weighted by Crippen LogP contribution is -2.15. The van der Waals surface area contributed by atoms with Crippen molar-refractivity contribution in [2.45, 2.75) is 33.1 Å². The molecule has 0 radical (unpaired) electrons. The van der Waals surface area contributed by atoms with Gasteiger partial charge in [-0.05, 0) is 44.4 Å². The first-order valence-corrected chi connectivity index (χ1v) is 4.47. The Hall–Kier alpha value is -1.29.